The van der Waals surface area contributed by atoms with Gasteiger partial charge in [0.05, 0.1) is 6.61 Å². The molecule has 18 heavy (non-hydrogen) atoms. The molecule has 3 nitrogen and oxygen atoms in total. The van der Waals surface area contributed by atoms with Crippen LogP contribution in [0.1, 0.15) is 77.6 Å². The predicted molar refractivity (Wildman–Crippen MR) is 73.5 cm³/mol. The molecule has 106 valence electrons. The van der Waals surface area contributed by atoms with Crippen molar-refractivity contribution in [2.24, 2.45) is 0 Å². The summed E-state index contributed by atoms with van der Waals surface area (Å²) < 4.78 is 5.12. The summed E-state index contributed by atoms with van der Waals surface area (Å²) in [6, 6.07) is 0. The number of unbranched alkanes of at least 4 members (excludes halogenated alkanes) is 8. The molecule has 0 aromatic carbocycles. The van der Waals surface area contributed by atoms with Crippen LogP contribution in [0.15, 0.2) is 0 Å². The number of aldehydes is 1. The van der Waals surface area contributed by atoms with Crippen molar-refractivity contribution in [3.63, 3.8) is 0 Å². The average Bonchev–Trinajstić information content (AvgIpc) is 2.38. The number of hydrogen-bond donors (Lipinski definition) is 0. The second kappa shape index (κ2) is 14.2. The van der Waals surface area contributed by atoms with Gasteiger partial charge in [-0.15, -0.1) is 0 Å². The summed E-state index contributed by atoms with van der Waals surface area (Å²) in [6.45, 7) is 2.71. The highest BCUT2D eigenvalue weighted by molar-refractivity contribution is 5.69. The second-order valence-electron chi connectivity index (χ2n) is 4.75. The number of carbonyl (C=O) groups excluding carboxylic acids is 2. The Balaban J connectivity index is 3.15. The van der Waals surface area contributed by atoms with E-state index in [0.29, 0.717) is 19.4 Å². The Labute approximate surface area is 111 Å². The normalized spacial score (nSPS) is 10.3. The van der Waals surface area contributed by atoms with Crippen molar-refractivity contribution >= 4 is 12.3 Å². The number of carbonyl (C=O) groups is 2. The molecule has 0 saturated heterocycles. The molecule has 0 aromatic heterocycles. The minimum atomic E-state index is -0.0686. The summed E-state index contributed by atoms with van der Waals surface area (Å²) in [7, 11) is 0. The number of rotatable bonds is 13. The fourth-order valence-electron chi connectivity index (χ4n) is 1.81. The van der Waals surface area contributed by atoms with Crippen molar-refractivity contribution in [2.45, 2.75) is 77.6 Å². The lowest BCUT2D eigenvalue weighted by atomic mass is 10.1. The molecule has 0 radical (unpaired) electrons. The molecule has 0 aromatic rings. The number of hydrogen-bond acceptors (Lipinski definition) is 3. The number of ether oxygens (including phenoxy) is 1. The summed E-state index contributed by atoms with van der Waals surface area (Å²) in [5.41, 5.74) is 0. The lowest BCUT2D eigenvalue weighted by Gasteiger charge is -2.04. The molecule has 0 spiro atoms. The molecule has 0 saturated carbocycles. The fourth-order valence-corrected chi connectivity index (χ4v) is 1.81. The van der Waals surface area contributed by atoms with Crippen molar-refractivity contribution in [1.29, 1.82) is 0 Å². The van der Waals surface area contributed by atoms with Gasteiger partial charge in [0.25, 0.3) is 0 Å². The maximum atomic E-state index is 11.3. The zero-order valence-electron chi connectivity index (χ0n) is 11.8. The molecule has 3 heteroatoms. The van der Waals surface area contributed by atoms with Crippen LogP contribution in [-0.2, 0) is 14.3 Å². The van der Waals surface area contributed by atoms with Gasteiger partial charge >= 0.3 is 5.97 Å². The van der Waals surface area contributed by atoms with Gasteiger partial charge in [-0.2, -0.15) is 0 Å². The Morgan fingerprint density at radius 3 is 2.33 bits per heavy atom. The van der Waals surface area contributed by atoms with Crippen molar-refractivity contribution < 1.29 is 14.3 Å². The molecule has 0 fully saturated rings. The Morgan fingerprint density at radius 1 is 0.944 bits per heavy atom. The average molecular weight is 256 g/mol. The van der Waals surface area contributed by atoms with Gasteiger partial charge in [-0.05, 0) is 25.7 Å². The van der Waals surface area contributed by atoms with E-state index in [4.69, 9.17) is 4.74 Å². The smallest absolute Gasteiger partial charge is 0.305 e. The highest BCUT2D eigenvalue weighted by Gasteiger charge is 2.02. The molecule has 0 amide bonds. The highest BCUT2D eigenvalue weighted by Crippen LogP contribution is 2.07. The van der Waals surface area contributed by atoms with Crippen molar-refractivity contribution in [3.05, 3.63) is 0 Å². The van der Waals surface area contributed by atoms with Crippen LogP contribution in [-0.4, -0.2) is 18.9 Å². The Morgan fingerprint density at radius 2 is 1.61 bits per heavy atom. The van der Waals surface area contributed by atoms with Crippen LogP contribution in [0.3, 0.4) is 0 Å². The Bertz CT molecular complexity index is 202. The van der Waals surface area contributed by atoms with E-state index < -0.39 is 0 Å². The Hall–Kier alpha value is -0.860. The van der Waals surface area contributed by atoms with Crippen LogP contribution in [0, 0.1) is 0 Å². The largest absolute Gasteiger partial charge is 0.466 e. The third-order valence-corrected chi connectivity index (χ3v) is 2.96. The second-order valence-corrected chi connectivity index (χ2v) is 4.75. The van der Waals surface area contributed by atoms with Crippen LogP contribution in [0.25, 0.3) is 0 Å². The summed E-state index contributed by atoms with van der Waals surface area (Å²) in [6.07, 6.45) is 12.0. The van der Waals surface area contributed by atoms with Crippen LogP contribution in [0.2, 0.25) is 0 Å². The number of esters is 1. The van der Waals surface area contributed by atoms with Crippen LogP contribution < -0.4 is 0 Å². The maximum Gasteiger partial charge on any atom is 0.305 e. The molecular formula is C15H28O3. The van der Waals surface area contributed by atoms with Gasteiger partial charge in [0, 0.05) is 12.8 Å². The van der Waals surface area contributed by atoms with E-state index in [1.807, 2.05) is 0 Å². The van der Waals surface area contributed by atoms with Gasteiger partial charge in [-0.25, -0.2) is 0 Å². The van der Waals surface area contributed by atoms with Gasteiger partial charge < -0.3 is 9.53 Å². The zero-order valence-corrected chi connectivity index (χ0v) is 11.8. The van der Waals surface area contributed by atoms with Gasteiger partial charge in [0.2, 0.25) is 0 Å². The van der Waals surface area contributed by atoms with Crippen LogP contribution >= 0.6 is 0 Å². The van der Waals surface area contributed by atoms with Crippen molar-refractivity contribution in [1.82, 2.24) is 0 Å². The Kier molecular flexibility index (Phi) is 13.5. The lowest BCUT2D eigenvalue weighted by molar-refractivity contribution is -0.143. The molecule has 0 unspecified atom stereocenters. The van der Waals surface area contributed by atoms with E-state index >= 15 is 0 Å². The first-order valence-electron chi connectivity index (χ1n) is 7.40. The first-order valence-corrected chi connectivity index (χ1v) is 7.40. The van der Waals surface area contributed by atoms with Crippen molar-refractivity contribution in [2.75, 3.05) is 6.61 Å². The van der Waals surface area contributed by atoms with Gasteiger partial charge in [-0.3, -0.25) is 4.79 Å². The summed E-state index contributed by atoms with van der Waals surface area (Å²) in [5.74, 6) is -0.0686. The molecule has 0 heterocycles. The van der Waals surface area contributed by atoms with Crippen LogP contribution in [0.4, 0.5) is 0 Å². The van der Waals surface area contributed by atoms with E-state index in [1.54, 1.807) is 0 Å². The van der Waals surface area contributed by atoms with E-state index in [0.717, 1.165) is 38.4 Å². The summed E-state index contributed by atoms with van der Waals surface area (Å²) in [4.78, 5) is 21.4. The monoisotopic (exact) mass is 256 g/mol. The summed E-state index contributed by atoms with van der Waals surface area (Å²) >= 11 is 0. The first kappa shape index (κ1) is 17.1. The first-order chi connectivity index (χ1) is 8.81. The SMILES string of the molecule is CCCCCCCCC(=O)OCCCCCC=O. The van der Waals surface area contributed by atoms with Crippen LogP contribution in [0.5, 0.6) is 0 Å². The van der Waals surface area contributed by atoms with E-state index in [-0.39, 0.29) is 5.97 Å². The lowest BCUT2D eigenvalue weighted by Crippen LogP contribution is -2.05. The predicted octanol–water partition coefficient (Wildman–Crippen LogP) is 4.04. The maximum absolute atomic E-state index is 11.3. The topological polar surface area (TPSA) is 43.4 Å². The third kappa shape index (κ3) is 13.2. The van der Waals surface area contributed by atoms with Gasteiger partial charge in [0.1, 0.15) is 6.29 Å². The molecule has 0 rings (SSSR count). The highest BCUT2D eigenvalue weighted by atomic mass is 16.5. The fraction of sp³-hybridized carbons (Fsp3) is 0.867. The van der Waals surface area contributed by atoms with E-state index in [9.17, 15) is 9.59 Å². The quantitative estimate of drug-likeness (QED) is 0.284. The molecule has 0 bridgehead atoms. The molecule has 0 N–H and O–H groups in total. The van der Waals surface area contributed by atoms with E-state index in [2.05, 4.69) is 6.92 Å². The van der Waals surface area contributed by atoms with Gasteiger partial charge in [0.15, 0.2) is 0 Å². The molecule has 0 aliphatic heterocycles. The molecule has 0 aliphatic carbocycles. The third-order valence-electron chi connectivity index (χ3n) is 2.96. The standard InChI is InChI=1S/C15H28O3/c1-2-3-4-5-6-9-12-15(17)18-14-11-8-7-10-13-16/h13H,2-12,14H2,1H3. The zero-order chi connectivity index (χ0) is 13.5. The summed E-state index contributed by atoms with van der Waals surface area (Å²) in [5, 5.41) is 0. The van der Waals surface area contributed by atoms with E-state index in [1.165, 1.54) is 25.7 Å². The molecule has 0 atom stereocenters. The molecule has 0 aliphatic rings. The van der Waals surface area contributed by atoms with Crippen molar-refractivity contribution in [3.8, 4) is 0 Å². The van der Waals surface area contributed by atoms with Gasteiger partial charge in [-0.1, -0.05) is 39.0 Å². The minimum Gasteiger partial charge on any atom is -0.466 e. The molecular weight excluding hydrogens is 228 g/mol. The minimum absolute atomic E-state index is 0.0686.